The molecule has 2 aromatic rings. The monoisotopic (exact) mass is 494 g/mol. The number of anilines is 1. The van der Waals surface area contributed by atoms with E-state index < -0.39 is 0 Å². The number of hydrogen-bond acceptors (Lipinski definition) is 7. The van der Waals surface area contributed by atoms with Gasteiger partial charge in [0.15, 0.2) is 0 Å². The summed E-state index contributed by atoms with van der Waals surface area (Å²) in [6.45, 7) is 11.2. The van der Waals surface area contributed by atoms with Gasteiger partial charge in [0.05, 0.1) is 37.3 Å². The molecule has 2 aliphatic carbocycles. The third-order valence-electron chi connectivity index (χ3n) is 8.96. The number of piperidine rings is 1. The molecular formula is C28H42N6O2. The number of ether oxygens (including phenoxy) is 2. The minimum atomic E-state index is -0.0124. The molecule has 2 aromatic heterocycles. The minimum absolute atomic E-state index is 0.0124. The summed E-state index contributed by atoms with van der Waals surface area (Å²) >= 11 is 0. The second-order valence-corrected chi connectivity index (χ2v) is 12.0. The Morgan fingerprint density at radius 2 is 1.89 bits per heavy atom. The smallest absolute Gasteiger partial charge is 0.149 e. The van der Waals surface area contributed by atoms with Crippen LogP contribution >= 0.6 is 0 Å². The van der Waals surface area contributed by atoms with Crippen molar-refractivity contribution in [2.75, 3.05) is 44.8 Å². The summed E-state index contributed by atoms with van der Waals surface area (Å²) < 4.78 is 13.9. The molecule has 0 aromatic carbocycles. The highest BCUT2D eigenvalue weighted by Gasteiger charge is 2.40. The van der Waals surface area contributed by atoms with Crippen LogP contribution in [0.4, 0.5) is 5.82 Å². The van der Waals surface area contributed by atoms with Crippen LogP contribution in [0.1, 0.15) is 76.8 Å². The number of nitrogens with one attached hydrogen (secondary N) is 1. The largest absolute Gasteiger partial charge is 0.376 e. The molecule has 0 atom stereocenters. The Morgan fingerprint density at radius 1 is 1.08 bits per heavy atom. The Morgan fingerprint density at radius 3 is 2.58 bits per heavy atom. The third kappa shape index (κ3) is 5.31. The molecule has 1 spiro atoms. The zero-order valence-corrected chi connectivity index (χ0v) is 22.0. The number of nitrogens with zero attached hydrogens (tertiary/aromatic N) is 5. The van der Waals surface area contributed by atoms with E-state index in [0.29, 0.717) is 17.4 Å². The molecule has 0 unspecified atom stereocenters. The fourth-order valence-electron chi connectivity index (χ4n) is 6.45. The highest BCUT2D eigenvalue weighted by Crippen LogP contribution is 2.44. The molecule has 6 rings (SSSR count). The van der Waals surface area contributed by atoms with E-state index >= 15 is 0 Å². The minimum Gasteiger partial charge on any atom is -0.376 e. The van der Waals surface area contributed by atoms with Gasteiger partial charge in [-0.15, -0.1) is 5.10 Å². The van der Waals surface area contributed by atoms with Crippen LogP contribution in [0.25, 0.3) is 11.1 Å². The summed E-state index contributed by atoms with van der Waals surface area (Å²) in [5, 5.41) is 17.3. The molecule has 2 saturated carbocycles. The van der Waals surface area contributed by atoms with Crippen LogP contribution in [-0.4, -0.2) is 76.0 Å². The maximum Gasteiger partial charge on any atom is 0.149 e. The lowest BCUT2D eigenvalue weighted by atomic mass is 9.73. The van der Waals surface area contributed by atoms with Crippen molar-refractivity contribution in [2.45, 2.75) is 89.3 Å². The Hall–Kier alpha value is -2.03. The molecule has 2 saturated heterocycles. The molecule has 8 heteroatoms. The van der Waals surface area contributed by atoms with Crippen molar-refractivity contribution in [3.63, 3.8) is 0 Å². The van der Waals surface area contributed by atoms with E-state index in [1.54, 1.807) is 0 Å². The van der Waals surface area contributed by atoms with Crippen LogP contribution in [0.5, 0.6) is 0 Å². The molecule has 4 heterocycles. The summed E-state index contributed by atoms with van der Waals surface area (Å²) in [4.78, 5) is 2.67. The Kier molecular flexibility index (Phi) is 6.77. The van der Waals surface area contributed by atoms with Crippen LogP contribution in [0.3, 0.4) is 0 Å². The number of aromatic nitrogens is 4. The Bertz CT molecular complexity index is 1030. The predicted molar refractivity (Wildman–Crippen MR) is 140 cm³/mol. The van der Waals surface area contributed by atoms with Crippen LogP contribution in [0.15, 0.2) is 18.5 Å². The maximum absolute atomic E-state index is 6.13. The van der Waals surface area contributed by atoms with E-state index in [1.165, 1.54) is 56.3 Å². The summed E-state index contributed by atoms with van der Waals surface area (Å²) in [6, 6.07) is 2.63. The lowest BCUT2D eigenvalue weighted by Gasteiger charge is -2.47. The molecule has 0 amide bonds. The number of rotatable bonds is 7. The summed E-state index contributed by atoms with van der Waals surface area (Å²) in [5.41, 5.74) is 3.96. The van der Waals surface area contributed by atoms with Gasteiger partial charge in [-0.3, -0.25) is 4.68 Å². The van der Waals surface area contributed by atoms with Gasteiger partial charge >= 0.3 is 0 Å². The van der Waals surface area contributed by atoms with Crippen molar-refractivity contribution in [1.82, 2.24) is 24.9 Å². The third-order valence-corrected chi connectivity index (χ3v) is 8.96. The van der Waals surface area contributed by atoms with E-state index in [2.05, 4.69) is 51.2 Å². The van der Waals surface area contributed by atoms with Gasteiger partial charge in [0.1, 0.15) is 5.82 Å². The molecule has 0 radical (unpaired) electrons. The number of likely N-dealkylation sites (tertiary alicyclic amines) is 1. The van der Waals surface area contributed by atoms with E-state index in [1.807, 2.05) is 6.20 Å². The van der Waals surface area contributed by atoms with Crippen molar-refractivity contribution in [2.24, 2.45) is 5.41 Å². The molecule has 2 aliphatic heterocycles. The fraction of sp³-hybridized carbons (Fsp3) is 0.750. The normalized spacial score (nSPS) is 28.9. The molecule has 4 aliphatic rings. The highest BCUT2D eigenvalue weighted by atomic mass is 16.6. The first-order valence-electron chi connectivity index (χ1n) is 14.1. The summed E-state index contributed by atoms with van der Waals surface area (Å²) in [6.07, 6.45) is 13.6. The van der Waals surface area contributed by atoms with Gasteiger partial charge < -0.3 is 19.7 Å². The van der Waals surface area contributed by atoms with Gasteiger partial charge in [-0.2, -0.15) is 10.2 Å². The number of aryl methyl sites for hydroxylation is 1. The second kappa shape index (κ2) is 10.0. The first-order valence-corrected chi connectivity index (χ1v) is 14.1. The van der Waals surface area contributed by atoms with Gasteiger partial charge in [0.2, 0.25) is 0 Å². The molecule has 196 valence electrons. The quantitative estimate of drug-likeness (QED) is 0.608. The van der Waals surface area contributed by atoms with Crippen LogP contribution < -0.4 is 5.32 Å². The number of hydrogen-bond donors (Lipinski definition) is 1. The highest BCUT2D eigenvalue weighted by molar-refractivity contribution is 5.68. The molecular weight excluding hydrogens is 452 g/mol. The van der Waals surface area contributed by atoms with Crippen LogP contribution in [0.2, 0.25) is 0 Å². The van der Waals surface area contributed by atoms with Crippen LogP contribution in [0, 0.1) is 5.41 Å². The van der Waals surface area contributed by atoms with E-state index in [0.717, 1.165) is 63.7 Å². The lowest BCUT2D eigenvalue weighted by molar-refractivity contribution is -0.178. The SMILES string of the molecule is CCn1cc(-c2cnnc(NC3CCC(C)(CN4CCC5(CC4)COCCO5)CC3)c2)c(C2CC2)n1. The second-order valence-electron chi connectivity index (χ2n) is 12.0. The zero-order chi connectivity index (χ0) is 24.6. The van der Waals surface area contributed by atoms with Gasteiger partial charge in [0, 0.05) is 55.5 Å². The van der Waals surface area contributed by atoms with Crippen LogP contribution in [-0.2, 0) is 16.0 Å². The molecule has 8 nitrogen and oxygen atoms in total. The first kappa shape index (κ1) is 24.3. The fourth-order valence-corrected chi connectivity index (χ4v) is 6.45. The standard InChI is InChI=1S/C28H42N6O2/c1-3-34-18-24(26(32-34)21-4-5-21)22-16-25(31-29-17-22)30-23-6-8-27(2,9-7-23)19-33-12-10-28(11-13-33)20-35-14-15-36-28/h16-18,21,23H,3-15,19-20H2,1-2H3,(H,30,31). The average molecular weight is 495 g/mol. The Balaban J connectivity index is 1.03. The zero-order valence-electron chi connectivity index (χ0n) is 22.0. The molecule has 1 N–H and O–H groups in total. The molecule has 0 bridgehead atoms. The van der Waals surface area contributed by atoms with Crippen molar-refractivity contribution < 1.29 is 9.47 Å². The van der Waals surface area contributed by atoms with E-state index in [4.69, 9.17) is 14.6 Å². The summed E-state index contributed by atoms with van der Waals surface area (Å²) in [7, 11) is 0. The van der Waals surface area contributed by atoms with Gasteiger partial charge in [-0.1, -0.05) is 6.92 Å². The predicted octanol–water partition coefficient (Wildman–Crippen LogP) is 4.48. The van der Waals surface area contributed by atoms with Gasteiger partial charge in [-0.05, 0) is 69.8 Å². The summed E-state index contributed by atoms with van der Waals surface area (Å²) in [5.74, 6) is 1.51. The Labute approximate surface area is 215 Å². The molecule has 4 fully saturated rings. The lowest BCUT2D eigenvalue weighted by Crippen LogP contribution is -2.53. The van der Waals surface area contributed by atoms with E-state index in [9.17, 15) is 0 Å². The van der Waals surface area contributed by atoms with Crippen molar-refractivity contribution in [3.05, 3.63) is 24.2 Å². The van der Waals surface area contributed by atoms with Crippen molar-refractivity contribution >= 4 is 5.82 Å². The van der Waals surface area contributed by atoms with Gasteiger partial charge in [0.25, 0.3) is 0 Å². The molecule has 36 heavy (non-hydrogen) atoms. The first-order chi connectivity index (χ1) is 17.5. The average Bonchev–Trinajstić information content (AvgIpc) is 3.66. The maximum atomic E-state index is 6.13. The van der Waals surface area contributed by atoms with Crippen molar-refractivity contribution in [3.8, 4) is 11.1 Å². The topological polar surface area (TPSA) is 77.3 Å². The van der Waals surface area contributed by atoms with Crippen molar-refractivity contribution in [1.29, 1.82) is 0 Å². The van der Waals surface area contributed by atoms with Gasteiger partial charge in [-0.25, -0.2) is 0 Å². The van der Waals surface area contributed by atoms with E-state index in [-0.39, 0.29) is 5.60 Å².